The van der Waals surface area contributed by atoms with Gasteiger partial charge in [0.1, 0.15) is 5.56 Å². The van der Waals surface area contributed by atoms with Gasteiger partial charge in [-0.2, -0.15) is 0 Å². The average Bonchev–Trinajstić information content (AvgIpc) is 2.47. The Morgan fingerprint density at radius 2 is 2.05 bits per heavy atom. The van der Waals surface area contributed by atoms with E-state index in [1.807, 2.05) is 24.5 Å². The van der Waals surface area contributed by atoms with Crippen molar-refractivity contribution in [1.82, 2.24) is 9.55 Å². The highest BCUT2D eigenvalue weighted by atomic mass is 32.2. The number of nitrogens with zero attached hydrogens (tertiary/aromatic N) is 2. The highest BCUT2D eigenvalue weighted by Crippen LogP contribution is 2.15. The van der Waals surface area contributed by atoms with E-state index >= 15 is 0 Å². The summed E-state index contributed by atoms with van der Waals surface area (Å²) < 4.78 is 6.29. The number of benzene rings is 1. The topological polar surface area (TPSA) is 61.2 Å². The molecule has 20 heavy (non-hydrogen) atoms. The first kappa shape index (κ1) is 14.3. The monoisotopic (exact) mass is 290 g/mol. The predicted octanol–water partition coefficient (Wildman–Crippen LogP) is 2.13. The van der Waals surface area contributed by atoms with Crippen LogP contribution < -0.4 is 5.56 Å². The highest BCUT2D eigenvalue weighted by Gasteiger charge is 2.17. The van der Waals surface area contributed by atoms with Crippen molar-refractivity contribution in [1.29, 1.82) is 0 Å². The molecule has 6 heteroatoms. The molecule has 1 aromatic heterocycles. The minimum atomic E-state index is -0.651. The molecule has 104 valence electrons. The summed E-state index contributed by atoms with van der Waals surface area (Å²) in [6.45, 7) is 1.91. The maximum atomic E-state index is 12.5. The molecule has 2 aromatic rings. The molecule has 0 aliphatic rings. The fourth-order valence-electron chi connectivity index (χ4n) is 1.74. The number of thioether (sulfide) groups is 1. The molecule has 0 radical (unpaired) electrons. The molecule has 0 aliphatic carbocycles. The summed E-state index contributed by atoms with van der Waals surface area (Å²) in [6.07, 6.45) is 3.09. The molecule has 0 atom stereocenters. The van der Waals surface area contributed by atoms with E-state index in [-0.39, 0.29) is 12.2 Å². The summed E-state index contributed by atoms with van der Waals surface area (Å²) in [5.74, 6) is -0.651. The molecule has 0 aliphatic heterocycles. The van der Waals surface area contributed by atoms with E-state index in [0.717, 1.165) is 0 Å². The van der Waals surface area contributed by atoms with E-state index < -0.39 is 11.5 Å². The number of hydrogen-bond acceptors (Lipinski definition) is 5. The molecule has 1 heterocycles. The van der Waals surface area contributed by atoms with Crippen LogP contribution in [0, 0.1) is 0 Å². The van der Waals surface area contributed by atoms with Gasteiger partial charge in [0.25, 0.3) is 5.56 Å². The van der Waals surface area contributed by atoms with Gasteiger partial charge in [-0.1, -0.05) is 30.0 Å². The van der Waals surface area contributed by atoms with E-state index in [1.54, 1.807) is 19.1 Å². The van der Waals surface area contributed by atoms with Gasteiger partial charge in [0.2, 0.25) is 0 Å². The SMILES string of the molecule is CCOC(=O)c1cnc(SC)n(-c2ccccc2)c1=O. The lowest BCUT2D eigenvalue weighted by atomic mass is 10.3. The van der Waals surface area contributed by atoms with Crippen molar-refractivity contribution in [3.8, 4) is 5.69 Å². The molecule has 5 nitrogen and oxygen atoms in total. The Hall–Kier alpha value is -2.08. The van der Waals surface area contributed by atoms with Crippen LogP contribution in [0.5, 0.6) is 0 Å². The standard InChI is InChI=1S/C14H14N2O3S/c1-3-19-13(18)11-9-15-14(20-2)16(12(11)17)10-7-5-4-6-8-10/h4-9H,3H2,1-2H3. The third-order valence-corrected chi connectivity index (χ3v) is 3.27. The van der Waals surface area contributed by atoms with E-state index in [9.17, 15) is 9.59 Å². The number of para-hydroxylation sites is 1. The van der Waals surface area contributed by atoms with Crippen LogP contribution in [-0.2, 0) is 4.74 Å². The molecule has 0 amide bonds. The lowest BCUT2D eigenvalue weighted by Gasteiger charge is -2.11. The molecule has 0 saturated heterocycles. The molecule has 0 bridgehead atoms. The largest absolute Gasteiger partial charge is 0.462 e. The maximum absolute atomic E-state index is 12.5. The van der Waals surface area contributed by atoms with E-state index in [0.29, 0.717) is 10.8 Å². The summed E-state index contributed by atoms with van der Waals surface area (Å²) in [6, 6.07) is 9.08. The second-order valence-corrected chi connectivity index (χ2v) is 4.63. The van der Waals surface area contributed by atoms with Crippen LogP contribution in [0.15, 0.2) is 46.5 Å². The summed E-state index contributed by atoms with van der Waals surface area (Å²) >= 11 is 1.34. The number of carbonyl (C=O) groups is 1. The molecule has 0 unspecified atom stereocenters. The van der Waals surface area contributed by atoms with Crippen molar-refractivity contribution in [3.05, 3.63) is 52.4 Å². The van der Waals surface area contributed by atoms with Crippen LogP contribution in [0.1, 0.15) is 17.3 Å². The second kappa shape index (κ2) is 6.38. The Morgan fingerprint density at radius 1 is 1.35 bits per heavy atom. The summed E-state index contributed by atoms with van der Waals surface area (Å²) in [4.78, 5) is 28.4. The predicted molar refractivity (Wildman–Crippen MR) is 77.6 cm³/mol. The fraction of sp³-hybridized carbons (Fsp3) is 0.214. The Bertz CT molecular complexity index is 668. The van der Waals surface area contributed by atoms with Gasteiger partial charge in [-0.25, -0.2) is 9.78 Å². The molecule has 1 aromatic carbocycles. The molecule has 0 N–H and O–H groups in total. The van der Waals surface area contributed by atoms with Gasteiger partial charge < -0.3 is 4.74 Å². The second-order valence-electron chi connectivity index (χ2n) is 3.86. The Labute approximate surface area is 120 Å². The quantitative estimate of drug-likeness (QED) is 0.490. The van der Waals surface area contributed by atoms with E-state index in [4.69, 9.17) is 4.74 Å². The molecule has 0 fully saturated rings. The third-order valence-electron chi connectivity index (χ3n) is 2.62. The Kier molecular flexibility index (Phi) is 4.57. The van der Waals surface area contributed by atoms with Crippen molar-refractivity contribution < 1.29 is 9.53 Å². The van der Waals surface area contributed by atoms with Gasteiger partial charge in [-0.15, -0.1) is 0 Å². The minimum absolute atomic E-state index is 0.0616. The fourth-order valence-corrected chi connectivity index (χ4v) is 2.27. The summed E-state index contributed by atoms with van der Waals surface area (Å²) in [5, 5.41) is 0.522. The van der Waals surface area contributed by atoms with Gasteiger partial charge in [0.05, 0.1) is 18.5 Å². The minimum Gasteiger partial charge on any atom is -0.462 e. The third kappa shape index (κ3) is 2.75. The lowest BCUT2D eigenvalue weighted by Crippen LogP contribution is -2.28. The number of rotatable bonds is 4. The smallest absolute Gasteiger partial charge is 0.345 e. The zero-order valence-electron chi connectivity index (χ0n) is 11.2. The van der Waals surface area contributed by atoms with Crippen LogP contribution in [0.2, 0.25) is 0 Å². The zero-order chi connectivity index (χ0) is 14.5. The molecule has 0 saturated carbocycles. The van der Waals surface area contributed by atoms with Gasteiger partial charge in [-0.05, 0) is 25.3 Å². The first-order valence-corrected chi connectivity index (χ1v) is 7.30. The normalized spacial score (nSPS) is 10.3. The van der Waals surface area contributed by atoms with Crippen LogP contribution in [-0.4, -0.2) is 28.4 Å². The Balaban J connectivity index is 2.63. The van der Waals surface area contributed by atoms with Crippen LogP contribution >= 0.6 is 11.8 Å². The van der Waals surface area contributed by atoms with Crippen molar-refractivity contribution in [2.75, 3.05) is 12.9 Å². The van der Waals surface area contributed by atoms with Crippen molar-refractivity contribution >= 4 is 17.7 Å². The van der Waals surface area contributed by atoms with E-state index in [1.165, 1.54) is 22.5 Å². The molecular weight excluding hydrogens is 276 g/mol. The number of carbonyl (C=O) groups excluding carboxylic acids is 1. The summed E-state index contributed by atoms with van der Waals surface area (Å²) in [7, 11) is 0. The van der Waals surface area contributed by atoms with Crippen molar-refractivity contribution in [3.63, 3.8) is 0 Å². The van der Waals surface area contributed by atoms with E-state index in [2.05, 4.69) is 4.98 Å². The van der Waals surface area contributed by atoms with Gasteiger partial charge in [0, 0.05) is 0 Å². The van der Waals surface area contributed by atoms with Crippen LogP contribution in [0.25, 0.3) is 5.69 Å². The van der Waals surface area contributed by atoms with Gasteiger partial charge >= 0.3 is 5.97 Å². The first-order valence-electron chi connectivity index (χ1n) is 6.07. The maximum Gasteiger partial charge on any atom is 0.345 e. The Morgan fingerprint density at radius 3 is 2.65 bits per heavy atom. The first-order chi connectivity index (χ1) is 9.69. The number of aromatic nitrogens is 2. The van der Waals surface area contributed by atoms with Crippen molar-refractivity contribution in [2.24, 2.45) is 0 Å². The molecule has 2 rings (SSSR count). The number of hydrogen-bond donors (Lipinski definition) is 0. The van der Waals surface area contributed by atoms with Crippen LogP contribution in [0.4, 0.5) is 0 Å². The average molecular weight is 290 g/mol. The van der Waals surface area contributed by atoms with Gasteiger partial charge in [-0.3, -0.25) is 9.36 Å². The highest BCUT2D eigenvalue weighted by molar-refractivity contribution is 7.98. The summed E-state index contributed by atoms with van der Waals surface area (Å²) in [5.41, 5.74) is 0.183. The lowest BCUT2D eigenvalue weighted by molar-refractivity contribution is 0.0523. The molecule has 0 spiro atoms. The molecular formula is C14H14N2O3S. The van der Waals surface area contributed by atoms with Crippen molar-refractivity contribution in [2.45, 2.75) is 12.1 Å². The van der Waals surface area contributed by atoms with Crippen LogP contribution in [0.3, 0.4) is 0 Å². The number of ether oxygens (including phenoxy) is 1. The zero-order valence-corrected chi connectivity index (χ0v) is 12.0. The number of esters is 1. The van der Waals surface area contributed by atoms with Gasteiger partial charge in [0.15, 0.2) is 5.16 Å².